The number of hydrogen-bond acceptors (Lipinski definition) is 4. The molecule has 2 aromatic carbocycles. The van der Waals surface area contributed by atoms with Crippen molar-refractivity contribution in [2.24, 2.45) is 5.73 Å². The molecule has 2 amide bonds. The molecule has 132 valence electrons. The number of hydrogen-bond donors (Lipinski definition) is 3. The van der Waals surface area contributed by atoms with Crippen LogP contribution in [0.3, 0.4) is 0 Å². The molecule has 2 aromatic rings. The van der Waals surface area contributed by atoms with Crippen molar-refractivity contribution < 1.29 is 14.3 Å². The van der Waals surface area contributed by atoms with Crippen molar-refractivity contribution in [3.63, 3.8) is 0 Å². The number of carbonyl (C=O) groups is 2. The summed E-state index contributed by atoms with van der Waals surface area (Å²) in [5.74, 6) is -0.195. The summed E-state index contributed by atoms with van der Waals surface area (Å²) in [6.07, 6.45) is 0. The summed E-state index contributed by atoms with van der Waals surface area (Å²) >= 11 is 5.96. The quantitative estimate of drug-likeness (QED) is 0.706. The van der Waals surface area contributed by atoms with E-state index in [1.54, 1.807) is 43.3 Å². The van der Waals surface area contributed by atoms with Gasteiger partial charge in [0, 0.05) is 16.4 Å². The number of anilines is 2. The minimum absolute atomic E-state index is 0.176. The Morgan fingerprint density at radius 2 is 1.88 bits per heavy atom. The van der Waals surface area contributed by atoms with Gasteiger partial charge in [0.25, 0.3) is 5.91 Å². The second kappa shape index (κ2) is 8.39. The van der Waals surface area contributed by atoms with E-state index in [-0.39, 0.29) is 12.5 Å². The molecular weight excluding hydrogens is 342 g/mol. The molecule has 0 aliphatic rings. The molecule has 0 fully saturated rings. The minimum atomic E-state index is -0.538. The second-order valence-corrected chi connectivity index (χ2v) is 6.03. The van der Waals surface area contributed by atoms with Crippen LogP contribution in [0.15, 0.2) is 42.5 Å². The lowest BCUT2D eigenvalue weighted by molar-refractivity contribution is -0.120. The molecule has 0 spiro atoms. The first kappa shape index (κ1) is 18.6. The number of ether oxygens (including phenoxy) is 1. The first-order valence-electron chi connectivity index (χ1n) is 7.70. The van der Waals surface area contributed by atoms with Crippen molar-refractivity contribution in [3.8, 4) is 5.75 Å². The Labute approximate surface area is 151 Å². The molecule has 0 heterocycles. The van der Waals surface area contributed by atoms with Crippen LogP contribution in [0.4, 0.5) is 11.4 Å². The molecule has 0 radical (unpaired) electrons. The number of halogens is 1. The fourth-order valence-corrected chi connectivity index (χ4v) is 2.26. The molecule has 0 aliphatic carbocycles. The van der Waals surface area contributed by atoms with Crippen molar-refractivity contribution in [1.82, 2.24) is 0 Å². The topological polar surface area (TPSA) is 93.4 Å². The summed E-state index contributed by atoms with van der Waals surface area (Å²) in [5, 5.41) is 6.51. The molecule has 0 saturated heterocycles. The van der Waals surface area contributed by atoms with Crippen LogP contribution >= 0.6 is 11.6 Å². The van der Waals surface area contributed by atoms with Gasteiger partial charge >= 0.3 is 0 Å². The molecule has 0 saturated carbocycles. The summed E-state index contributed by atoms with van der Waals surface area (Å²) in [5.41, 5.74) is 7.38. The van der Waals surface area contributed by atoms with E-state index >= 15 is 0 Å². The van der Waals surface area contributed by atoms with Crippen LogP contribution in [-0.2, 0) is 9.59 Å². The highest BCUT2D eigenvalue weighted by Gasteiger charge is 2.14. The summed E-state index contributed by atoms with van der Waals surface area (Å²) in [4.78, 5) is 23.0. The summed E-state index contributed by atoms with van der Waals surface area (Å²) in [7, 11) is 0. The third-order valence-electron chi connectivity index (χ3n) is 3.47. The number of aryl methyl sites for hydroxylation is 1. The second-order valence-electron chi connectivity index (χ2n) is 5.59. The summed E-state index contributed by atoms with van der Waals surface area (Å²) < 4.78 is 5.18. The normalized spacial score (nSPS) is 11.5. The molecule has 7 heteroatoms. The van der Waals surface area contributed by atoms with Gasteiger partial charge in [-0.15, -0.1) is 0 Å². The van der Waals surface area contributed by atoms with Crippen LogP contribution in [-0.4, -0.2) is 24.5 Å². The zero-order chi connectivity index (χ0) is 18.4. The molecule has 1 unspecified atom stereocenters. The maximum Gasteiger partial charge on any atom is 0.255 e. The zero-order valence-corrected chi connectivity index (χ0v) is 14.8. The highest BCUT2D eigenvalue weighted by atomic mass is 35.5. The lowest BCUT2D eigenvalue weighted by atomic mass is 10.2. The van der Waals surface area contributed by atoms with Gasteiger partial charge in [-0.1, -0.05) is 17.7 Å². The first-order valence-corrected chi connectivity index (χ1v) is 8.07. The maximum atomic E-state index is 12.3. The van der Waals surface area contributed by atoms with Gasteiger partial charge in [-0.2, -0.15) is 0 Å². The Morgan fingerprint density at radius 3 is 2.52 bits per heavy atom. The lowest BCUT2D eigenvalue weighted by Gasteiger charge is -2.17. The van der Waals surface area contributed by atoms with E-state index in [2.05, 4.69) is 10.6 Å². The van der Waals surface area contributed by atoms with E-state index in [4.69, 9.17) is 22.1 Å². The van der Waals surface area contributed by atoms with E-state index in [0.717, 1.165) is 11.3 Å². The average Bonchev–Trinajstić information content (AvgIpc) is 2.57. The van der Waals surface area contributed by atoms with Gasteiger partial charge in [0.1, 0.15) is 11.8 Å². The van der Waals surface area contributed by atoms with Crippen molar-refractivity contribution in [1.29, 1.82) is 0 Å². The zero-order valence-electron chi connectivity index (χ0n) is 14.0. The first-order chi connectivity index (χ1) is 11.8. The Bertz CT molecular complexity index is 763. The summed E-state index contributed by atoms with van der Waals surface area (Å²) in [6.45, 7) is 3.48. The van der Waals surface area contributed by atoms with Gasteiger partial charge in [-0.3, -0.25) is 9.59 Å². The van der Waals surface area contributed by atoms with Crippen LogP contribution in [0.2, 0.25) is 5.02 Å². The number of rotatable bonds is 7. The van der Waals surface area contributed by atoms with Gasteiger partial charge in [0.2, 0.25) is 5.91 Å². The number of nitrogens with one attached hydrogen (secondary N) is 2. The predicted molar refractivity (Wildman–Crippen MR) is 99.0 cm³/mol. The van der Waals surface area contributed by atoms with Crippen molar-refractivity contribution in [2.45, 2.75) is 19.9 Å². The Balaban J connectivity index is 1.94. The third kappa shape index (κ3) is 5.69. The average molecular weight is 362 g/mol. The fraction of sp³-hybridized carbons (Fsp3) is 0.222. The van der Waals surface area contributed by atoms with Crippen LogP contribution < -0.4 is 21.1 Å². The van der Waals surface area contributed by atoms with E-state index < -0.39 is 11.9 Å². The largest absolute Gasteiger partial charge is 0.484 e. The number of amides is 2. The summed E-state index contributed by atoms with van der Waals surface area (Å²) in [6, 6.07) is 11.8. The van der Waals surface area contributed by atoms with Crippen molar-refractivity contribution in [3.05, 3.63) is 53.1 Å². The van der Waals surface area contributed by atoms with Crippen molar-refractivity contribution in [2.75, 3.05) is 17.2 Å². The molecule has 25 heavy (non-hydrogen) atoms. The highest BCUT2D eigenvalue weighted by molar-refractivity contribution is 6.31. The Kier molecular flexibility index (Phi) is 6.25. The van der Waals surface area contributed by atoms with Crippen LogP contribution in [0.5, 0.6) is 5.75 Å². The molecule has 4 N–H and O–H groups in total. The van der Waals surface area contributed by atoms with Gasteiger partial charge < -0.3 is 21.1 Å². The smallest absolute Gasteiger partial charge is 0.255 e. The van der Waals surface area contributed by atoms with Crippen LogP contribution in [0.25, 0.3) is 0 Å². The molecule has 2 rings (SSSR count). The molecule has 0 aromatic heterocycles. The molecule has 0 bridgehead atoms. The number of benzene rings is 2. The van der Waals surface area contributed by atoms with Gasteiger partial charge in [0.05, 0.1) is 0 Å². The van der Waals surface area contributed by atoms with Gasteiger partial charge in [-0.05, 0) is 55.8 Å². The molecular formula is C18H20ClN3O3. The minimum Gasteiger partial charge on any atom is -0.484 e. The molecule has 1 atom stereocenters. The number of nitrogens with two attached hydrogens (primary N) is 1. The number of carbonyl (C=O) groups excluding carboxylic acids is 2. The molecule has 0 aliphatic heterocycles. The van der Waals surface area contributed by atoms with E-state index in [0.29, 0.717) is 16.5 Å². The fourth-order valence-electron chi connectivity index (χ4n) is 2.09. The van der Waals surface area contributed by atoms with Crippen molar-refractivity contribution >= 4 is 34.8 Å². The van der Waals surface area contributed by atoms with Crippen LogP contribution in [0, 0.1) is 6.92 Å². The maximum absolute atomic E-state index is 12.3. The van der Waals surface area contributed by atoms with Gasteiger partial charge in [0.15, 0.2) is 6.61 Å². The SMILES string of the molecule is Cc1ccc(Cl)cc1NC(=O)C(C)Nc1ccc(OCC(N)=O)cc1. The lowest BCUT2D eigenvalue weighted by Crippen LogP contribution is -2.32. The van der Waals surface area contributed by atoms with Crippen LogP contribution in [0.1, 0.15) is 12.5 Å². The standard InChI is InChI=1S/C18H20ClN3O3/c1-11-3-4-13(19)9-16(11)22-18(24)12(2)21-14-5-7-15(8-6-14)25-10-17(20)23/h3-9,12,21H,10H2,1-2H3,(H2,20,23)(H,22,24). The van der Waals surface area contributed by atoms with Gasteiger partial charge in [-0.25, -0.2) is 0 Å². The third-order valence-corrected chi connectivity index (χ3v) is 3.70. The van der Waals surface area contributed by atoms with E-state index in [9.17, 15) is 9.59 Å². The highest BCUT2D eigenvalue weighted by Crippen LogP contribution is 2.21. The molecule has 6 nitrogen and oxygen atoms in total. The Hall–Kier alpha value is -2.73. The van der Waals surface area contributed by atoms with E-state index in [1.807, 2.05) is 13.0 Å². The predicted octanol–water partition coefficient (Wildman–Crippen LogP) is 2.95. The number of primary amides is 1. The Morgan fingerprint density at radius 1 is 1.20 bits per heavy atom. The van der Waals surface area contributed by atoms with E-state index in [1.165, 1.54) is 0 Å². The monoisotopic (exact) mass is 361 g/mol.